The molecule has 202 valence electrons. The predicted molar refractivity (Wildman–Crippen MR) is 144 cm³/mol. The minimum absolute atomic E-state index is 0.162. The van der Waals surface area contributed by atoms with Crippen molar-refractivity contribution >= 4 is 27.5 Å². The fourth-order valence-electron chi connectivity index (χ4n) is 5.47. The number of aliphatic imine (C=N–C) groups is 1. The number of benzene rings is 2. The summed E-state index contributed by atoms with van der Waals surface area (Å²) in [7, 11) is 5.91. The molecule has 0 amide bonds. The van der Waals surface area contributed by atoms with Crippen molar-refractivity contribution in [3.05, 3.63) is 58.1 Å². The van der Waals surface area contributed by atoms with Crippen LogP contribution < -0.4 is 15.8 Å². The highest BCUT2D eigenvalue weighted by Gasteiger charge is 2.36. The van der Waals surface area contributed by atoms with Gasteiger partial charge in [0.05, 0.1) is 0 Å². The number of amidine groups is 1. The Balaban J connectivity index is 1.32. The number of alkyl halides is 3. The zero-order chi connectivity index (χ0) is 26.8. The number of nitrogens with zero attached hydrogens (tertiary/aromatic N) is 3. The average molecular weight is 583 g/mol. The quantitative estimate of drug-likeness (QED) is 0.418. The molecule has 0 aromatic heterocycles. The Hall–Kier alpha value is -2.30. The van der Waals surface area contributed by atoms with Crippen LogP contribution in [0.25, 0.3) is 0 Å². The Bertz CT molecular complexity index is 1120. The fraction of sp³-hybridized carbons (Fsp3) is 0.519. The van der Waals surface area contributed by atoms with Gasteiger partial charge in [0.1, 0.15) is 11.6 Å². The van der Waals surface area contributed by atoms with Crippen molar-refractivity contribution in [3.63, 3.8) is 0 Å². The molecular formula is C27H35BrF3N5O. The normalized spacial score (nSPS) is 23.8. The Labute approximate surface area is 225 Å². The van der Waals surface area contributed by atoms with E-state index >= 15 is 0 Å². The second kappa shape index (κ2) is 11.2. The van der Waals surface area contributed by atoms with Gasteiger partial charge in [-0.2, -0.15) is 0 Å². The maximum Gasteiger partial charge on any atom is 0.573 e. The third-order valence-corrected chi connectivity index (χ3v) is 7.57. The molecule has 6 nitrogen and oxygen atoms in total. The Kier molecular flexibility index (Phi) is 8.40. The van der Waals surface area contributed by atoms with Crippen LogP contribution in [0.3, 0.4) is 0 Å². The zero-order valence-electron chi connectivity index (χ0n) is 21.5. The summed E-state index contributed by atoms with van der Waals surface area (Å²) in [6.07, 6.45) is 0.233. The summed E-state index contributed by atoms with van der Waals surface area (Å²) < 4.78 is 43.4. The molecule has 0 bridgehead atoms. The van der Waals surface area contributed by atoms with Crippen LogP contribution >= 0.6 is 15.9 Å². The minimum Gasteiger partial charge on any atom is -0.405 e. The lowest BCUT2D eigenvalue weighted by Gasteiger charge is -2.39. The topological polar surface area (TPSA) is 66.1 Å². The summed E-state index contributed by atoms with van der Waals surface area (Å²) in [5, 5.41) is 3.46. The molecule has 1 aliphatic carbocycles. The molecule has 1 fully saturated rings. The molecule has 1 unspecified atom stereocenters. The Morgan fingerprint density at radius 2 is 1.76 bits per heavy atom. The number of rotatable bonds is 7. The predicted octanol–water partition coefficient (Wildman–Crippen LogP) is 6.02. The third-order valence-electron chi connectivity index (χ3n) is 7.08. The van der Waals surface area contributed by atoms with Crippen molar-refractivity contribution in [1.29, 1.82) is 0 Å². The first kappa shape index (κ1) is 27.7. The standard InChI is InChI=1S/C27H35BrF3N5O/c1-35(2)25-22-6-4-5-7-23(22)33-26(32,34-25)15-18-8-10-19(11-9-18)16-36(3)17-20-12-13-21(28)14-24(20)37-27(29,30)31/h4-7,12-14,18-19,33H,8-11,15-17,32H2,1-3H3. The summed E-state index contributed by atoms with van der Waals surface area (Å²) in [5.41, 5.74) is 9.34. The third kappa shape index (κ3) is 7.39. The zero-order valence-corrected chi connectivity index (χ0v) is 23.1. The summed E-state index contributed by atoms with van der Waals surface area (Å²) >= 11 is 3.23. The number of anilines is 1. The van der Waals surface area contributed by atoms with E-state index in [0.717, 1.165) is 55.7 Å². The van der Waals surface area contributed by atoms with Gasteiger partial charge in [0.25, 0.3) is 0 Å². The molecule has 1 atom stereocenters. The van der Waals surface area contributed by atoms with E-state index in [1.807, 2.05) is 44.2 Å². The van der Waals surface area contributed by atoms with Gasteiger partial charge in [-0.1, -0.05) is 34.1 Å². The van der Waals surface area contributed by atoms with E-state index in [1.165, 1.54) is 6.07 Å². The lowest BCUT2D eigenvalue weighted by molar-refractivity contribution is -0.275. The molecule has 2 aliphatic rings. The first-order chi connectivity index (χ1) is 17.4. The Morgan fingerprint density at radius 1 is 1.08 bits per heavy atom. The number of ether oxygens (including phenoxy) is 1. The molecule has 3 N–H and O–H groups in total. The summed E-state index contributed by atoms with van der Waals surface area (Å²) in [5.74, 6) is 0.811. The molecule has 1 aliphatic heterocycles. The summed E-state index contributed by atoms with van der Waals surface area (Å²) in [6.45, 7) is 1.20. The van der Waals surface area contributed by atoms with Crippen LogP contribution in [0.15, 0.2) is 51.9 Å². The largest absolute Gasteiger partial charge is 0.573 e. The van der Waals surface area contributed by atoms with E-state index in [2.05, 4.69) is 36.9 Å². The van der Waals surface area contributed by atoms with Crippen molar-refractivity contribution in [2.45, 2.75) is 50.8 Å². The minimum atomic E-state index is -4.72. The van der Waals surface area contributed by atoms with Gasteiger partial charge in [-0.3, -0.25) is 5.73 Å². The van der Waals surface area contributed by atoms with Crippen LogP contribution in [0.1, 0.15) is 43.2 Å². The summed E-state index contributed by atoms with van der Waals surface area (Å²) in [6, 6.07) is 12.9. The molecule has 37 heavy (non-hydrogen) atoms. The molecule has 4 rings (SSSR count). The molecular weight excluding hydrogens is 547 g/mol. The lowest BCUT2D eigenvalue weighted by atomic mass is 9.79. The molecule has 0 saturated heterocycles. The molecule has 10 heteroatoms. The maximum atomic E-state index is 12.9. The molecule has 0 spiro atoms. The highest BCUT2D eigenvalue weighted by Crippen LogP contribution is 2.37. The van der Waals surface area contributed by atoms with Crippen LogP contribution in [-0.4, -0.2) is 55.5 Å². The number of nitrogens with two attached hydrogens (primary N) is 1. The highest BCUT2D eigenvalue weighted by molar-refractivity contribution is 9.10. The molecule has 1 saturated carbocycles. The Morgan fingerprint density at radius 3 is 2.43 bits per heavy atom. The van der Waals surface area contributed by atoms with Crippen LogP contribution in [-0.2, 0) is 6.54 Å². The first-order valence-electron chi connectivity index (χ1n) is 12.6. The number of nitrogens with one attached hydrogen (secondary N) is 1. The van der Waals surface area contributed by atoms with Crippen molar-refractivity contribution in [2.24, 2.45) is 22.6 Å². The van der Waals surface area contributed by atoms with Gasteiger partial charge in [-0.05, 0) is 68.8 Å². The van der Waals surface area contributed by atoms with Gasteiger partial charge in [0.15, 0.2) is 5.79 Å². The smallest absolute Gasteiger partial charge is 0.405 e. The summed E-state index contributed by atoms with van der Waals surface area (Å²) in [4.78, 5) is 8.99. The second-order valence-corrected chi connectivity index (χ2v) is 11.4. The van der Waals surface area contributed by atoms with E-state index in [4.69, 9.17) is 10.7 Å². The molecule has 2 aromatic carbocycles. The number of hydrogen-bond donors (Lipinski definition) is 2. The number of fused-ring (bicyclic) bond motifs is 1. The van der Waals surface area contributed by atoms with Crippen molar-refractivity contribution in [3.8, 4) is 5.75 Å². The fourth-order valence-corrected chi connectivity index (χ4v) is 5.81. The SMILES string of the molecule is CN(Cc1ccc(Br)cc1OC(F)(F)F)CC1CCC(CC2(N)N=C(N(C)C)c3ccccc3N2)CC1. The number of para-hydroxylation sites is 1. The van der Waals surface area contributed by atoms with E-state index in [0.29, 0.717) is 28.4 Å². The van der Waals surface area contributed by atoms with Crippen LogP contribution in [0, 0.1) is 11.8 Å². The molecule has 2 aromatic rings. The van der Waals surface area contributed by atoms with Crippen LogP contribution in [0.4, 0.5) is 18.9 Å². The van der Waals surface area contributed by atoms with Gasteiger partial charge >= 0.3 is 6.36 Å². The van der Waals surface area contributed by atoms with Gasteiger partial charge < -0.3 is 19.9 Å². The van der Waals surface area contributed by atoms with E-state index in [1.54, 1.807) is 12.1 Å². The van der Waals surface area contributed by atoms with Gasteiger partial charge in [0.2, 0.25) is 0 Å². The second-order valence-electron chi connectivity index (χ2n) is 10.5. The monoisotopic (exact) mass is 581 g/mol. The van der Waals surface area contributed by atoms with E-state index in [9.17, 15) is 13.2 Å². The number of hydrogen-bond acceptors (Lipinski definition) is 6. The van der Waals surface area contributed by atoms with E-state index in [-0.39, 0.29) is 5.75 Å². The maximum absolute atomic E-state index is 12.9. The van der Waals surface area contributed by atoms with Crippen molar-refractivity contribution in [2.75, 3.05) is 33.0 Å². The molecule has 0 radical (unpaired) electrons. The van der Waals surface area contributed by atoms with Crippen molar-refractivity contribution in [1.82, 2.24) is 9.80 Å². The van der Waals surface area contributed by atoms with Gasteiger partial charge in [-0.15, -0.1) is 13.2 Å². The van der Waals surface area contributed by atoms with Gasteiger partial charge in [-0.25, -0.2) is 4.99 Å². The average Bonchev–Trinajstić information content (AvgIpc) is 2.80. The number of halogens is 4. The highest BCUT2D eigenvalue weighted by atomic mass is 79.9. The van der Waals surface area contributed by atoms with Crippen LogP contribution in [0.2, 0.25) is 0 Å². The molecule has 1 heterocycles. The van der Waals surface area contributed by atoms with Crippen molar-refractivity contribution < 1.29 is 17.9 Å². The first-order valence-corrected chi connectivity index (χ1v) is 13.4. The lowest BCUT2D eigenvalue weighted by Crippen LogP contribution is -2.52. The van der Waals surface area contributed by atoms with E-state index < -0.39 is 12.1 Å². The van der Waals surface area contributed by atoms with Gasteiger partial charge in [0, 0.05) is 54.9 Å². The van der Waals surface area contributed by atoms with Crippen LogP contribution in [0.5, 0.6) is 5.75 Å².